The molecule has 0 fully saturated rings. The van der Waals surface area contributed by atoms with E-state index in [1.54, 1.807) is 18.2 Å². The molecule has 1 heterocycles. The Hall–Kier alpha value is -2.89. The van der Waals surface area contributed by atoms with Gasteiger partial charge in [-0.25, -0.2) is 8.78 Å². The Bertz CT molecular complexity index is 1080. The molecule has 0 unspecified atom stereocenters. The highest BCUT2D eigenvalue weighted by molar-refractivity contribution is 6.09. The lowest BCUT2D eigenvalue weighted by Crippen LogP contribution is -2.28. The van der Waals surface area contributed by atoms with Gasteiger partial charge in [-0.2, -0.15) is 0 Å². The van der Waals surface area contributed by atoms with Crippen LogP contribution < -0.4 is 0 Å². The first-order valence-corrected chi connectivity index (χ1v) is 10.4. The van der Waals surface area contributed by atoms with E-state index in [-0.39, 0.29) is 17.4 Å². The zero-order chi connectivity index (χ0) is 22.0. The topological polar surface area (TPSA) is 29.5 Å². The van der Waals surface area contributed by atoms with Crippen LogP contribution in [0.15, 0.2) is 66.7 Å². The van der Waals surface area contributed by atoms with E-state index in [4.69, 9.17) is 4.74 Å². The molecule has 0 bridgehead atoms. The predicted molar refractivity (Wildman–Crippen MR) is 116 cm³/mol. The largest absolute Gasteiger partial charge is 0.361 e. The third-order valence-corrected chi connectivity index (χ3v) is 5.83. The fourth-order valence-electron chi connectivity index (χ4n) is 4.25. The number of ether oxygens (including phenoxy) is 1. The summed E-state index contributed by atoms with van der Waals surface area (Å²) in [6.45, 7) is 1.28. The molecule has 0 aliphatic carbocycles. The molecule has 0 spiro atoms. The van der Waals surface area contributed by atoms with E-state index in [2.05, 4.69) is 4.90 Å². The molecule has 1 atom stereocenters. The first kappa shape index (κ1) is 21.3. The van der Waals surface area contributed by atoms with Crippen LogP contribution in [-0.4, -0.2) is 31.3 Å². The van der Waals surface area contributed by atoms with Crippen molar-refractivity contribution in [1.29, 1.82) is 0 Å². The SMILES string of the molecule is CN(C)CCC[C@]1(c2ccc(F)cc2)OCc2cc(C(=O)c3ccc(F)cc3)ccc21. The number of benzene rings is 3. The van der Waals surface area contributed by atoms with Crippen LogP contribution >= 0.6 is 0 Å². The molecule has 0 saturated carbocycles. The Morgan fingerprint density at radius 1 is 0.935 bits per heavy atom. The molecular weight excluding hydrogens is 396 g/mol. The number of hydrogen-bond acceptors (Lipinski definition) is 3. The van der Waals surface area contributed by atoms with E-state index in [1.165, 1.54) is 36.4 Å². The monoisotopic (exact) mass is 421 g/mol. The molecule has 5 heteroatoms. The van der Waals surface area contributed by atoms with Crippen LogP contribution in [0.1, 0.15) is 45.5 Å². The summed E-state index contributed by atoms with van der Waals surface area (Å²) in [6, 6.07) is 17.6. The second-order valence-electron chi connectivity index (χ2n) is 8.24. The summed E-state index contributed by atoms with van der Waals surface area (Å²) in [5.74, 6) is -0.818. The molecule has 0 N–H and O–H groups in total. The van der Waals surface area contributed by atoms with Crippen molar-refractivity contribution in [1.82, 2.24) is 4.90 Å². The minimum Gasteiger partial charge on any atom is -0.361 e. The average Bonchev–Trinajstić information content (AvgIpc) is 3.13. The smallest absolute Gasteiger partial charge is 0.193 e. The quantitative estimate of drug-likeness (QED) is 0.484. The number of hydrogen-bond donors (Lipinski definition) is 0. The molecular formula is C26H25F2NO2. The van der Waals surface area contributed by atoms with Gasteiger partial charge >= 0.3 is 0 Å². The van der Waals surface area contributed by atoms with Gasteiger partial charge in [-0.15, -0.1) is 0 Å². The van der Waals surface area contributed by atoms with Crippen molar-refractivity contribution in [3.05, 3.63) is 106 Å². The second kappa shape index (κ2) is 8.69. The molecule has 0 saturated heterocycles. The molecule has 0 aromatic heterocycles. The first-order valence-electron chi connectivity index (χ1n) is 10.4. The summed E-state index contributed by atoms with van der Waals surface area (Å²) in [6.07, 6.45) is 1.65. The number of fused-ring (bicyclic) bond motifs is 1. The van der Waals surface area contributed by atoms with Crippen molar-refractivity contribution >= 4 is 5.78 Å². The molecule has 4 rings (SSSR count). The molecule has 3 aromatic rings. The molecule has 1 aliphatic rings. The molecule has 3 aromatic carbocycles. The highest BCUT2D eigenvalue weighted by Crippen LogP contribution is 2.45. The first-order chi connectivity index (χ1) is 14.9. The van der Waals surface area contributed by atoms with Crippen LogP contribution in [0.4, 0.5) is 8.78 Å². The highest BCUT2D eigenvalue weighted by atomic mass is 19.1. The van der Waals surface area contributed by atoms with Gasteiger partial charge in [-0.1, -0.05) is 24.3 Å². The van der Waals surface area contributed by atoms with E-state index in [0.29, 0.717) is 17.7 Å². The predicted octanol–water partition coefficient (Wildman–Crippen LogP) is 5.31. The summed E-state index contributed by atoms with van der Waals surface area (Å²) in [4.78, 5) is 15.0. The van der Waals surface area contributed by atoms with Crippen LogP contribution in [0.5, 0.6) is 0 Å². The second-order valence-corrected chi connectivity index (χ2v) is 8.24. The van der Waals surface area contributed by atoms with Crippen molar-refractivity contribution in [3.8, 4) is 0 Å². The number of ketones is 1. The maximum Gasteiger partial charge on any atom is 0.193 e. The Morgan fingerprint density at radius 3 is 2.19 bits per heavy atom. The van der Waals surface area contributed by atoms with Crippen molar-refractivity contribution < 1.29 is 18.3 Å². The number of rotatable bonds is 7. The molecule has 1 aliphatic heterocycles. The zero-order valence-corrected chi connectivity index (χ0v) is 17.7. The minimum absolute atomic E-state index is 0.158. The van der Waals surface area contributed by atoms with Crippen LogP contribution in [0, 0.1) is 11.6 Å². The maximum absolute atomic E-state index is 13.6. The van der Waals surface area contributed by atoms with E-state index in [9.17, 15) is 13.6 Å². The van der Waals surface area contributed by atoms with Gasteiger partial charge in [0.05, 0.1) is 6.61 Å². The summed E-state index contributed by atoms with van der Waals surface area (Å²) in [7, 11) is 4.06. The summed E-state index contributed by atoms with van der Waals surface area (Å²) < 4.78 is 33.1. The van der Waals surface area contributed by atoms with Gasteiger partial charge in [0.1, 0.15) is 17.2 Å². The summed E-state index contributed by atoms with van der Waals surface area (Å²) in [5.41, 5.74) is 3.17. The van der Waals surface area contributed by atoms with Crippen molar-refractivity contribution in [2.24, 2.45) is 0 Å². The lowest BCUT2D eigenvalue weighted by Gasteiger charge is -2.31. The molecule has 31 heavy (non-hydrogen) atoms. The third-order valence-electron chi connectivity index (χ3n) is 5.83. The van der Waals surface area contributed by atoms with Crippen LogP contribution in [0.25, 0.3) is 0 Å². The normalized spacial score (nSPS) is 17.7. The summed E-state index contributed by atoms with van der Waals surface area (Å²) >= 11 is 0. The van der Waals surface area contributed by atoms with Gasteiger partial charge in [0.2, 0.25) is 0 Å². The number of halogens is 2. The van der Waals surface area contributed by atoms with Crippen molar-refractivity contribution in [3.63, 3.8) is 0 Å². The Morgan fingerprint density at radius 2 is 1.55 bits per heavy atom. The third kappa shape index (κ3) is 4.29. The molecule has 3 nitrogen and oxygen atoms in total. The minimum atomic E-state index is -0.670. The van der Waals surface area contributed by atoms with Crippen LogP contribution in [-0.2, 0) is 16.9 Å². The molecule has 0 radical (unpaired) electrons. The average molecular weight is 421 g/mol. The van der Waals surface area contributed by atoms with Gasteiger partial charge in [0.25, 0.3) is 0 Å². The van der Waals surface area contributed by atoms with Gasteiger partial charge < -0.3 is 9.64 Å². The van der Waals surface area contributed by atoms with E-state index in [0.717, 1.165) is 36.1 Å². The lowest BCUT2D eigenvalue weighted by atomic mass is 9.81. The zero-order valence-electron chi connectivity index (χ0n) is 17.7. The van der Waals surface area contributed by atoms with Gasteiger partial charge in [-0.05, 0) is 92.6 Å². The number of nitrogens with zero attached hydrogens (tertiary/aromatic N) is 1. The van der Waals surface area contributed by atoms with E-state index in [1.807, 2.05) is 26.2 Å². The Kier molecular flexibility index (Phi) is 5.99. The van der Waals surface area contributed by atoms with Gasteiger partial charge in [0.15, 0.2) is 5.78 Å². The number of carbonyl (C=O) groups excluding carboxylic acids is 1. The van der Waals surface area contributed by atoms with E-state index >= 15 is 0 Å². The van der Waals surface area contributed by atoms with Gasteiger partial charge in [-0.3, -0.25) is 4.79 Å². The fourth-order valence-corrected chi connectivity index (χ4v) is 4.25. The fraction of sp³-hybridized carbons (Fsp3) is 0.269. The highest BCUT2D eigenvalue weighted by Gasteiger charge is 2.41. The Balaban J connectivity index is 1.69. The Labute approximate surface area is 181 Å². The van der Waals surface area contributed by atoms with Crippen LogP contribution in [0.3, 0.4) is 0 Å². The molecule has 160 valence electrons. The molecule has 0 amide bonds. The standard InChI is InChI=1S/C26H25F2NO2/c1-29(2)15-3-14-26(21-7-11-23(28)12-8-21)24-13-6-19(16-20(24)17-31-26)25(30)18-4-9-22(27)10-5-18/h4-13,16H,3,14-15,17H2,1-2H3/t26-/m1/s1. The van der Waals surface area contributed by atoms with Crippen LogP contribution in [0.2, 0.25) is 0 Å². The summed E-state index contributed by atoms with van der Waals surface area (Å²) in [5, 5.41) is 0. The number of carbonyl (C=O) groups is 1. The van der Waals surface area contributed by atoms with Gasteiger partial charge in [0, 0.05) is 11.1 Å². The van der Waals surface area contributed by atoms with Crippen molar-refractivity contribution in [2.75, 3.05) is 20.6 Å². The van der Waals surface area contributed by atoms with Crippen molar-refractivity contribution in [2.45, 2.75) is 25.0 Å². The van der Waals surface area contributed by atoms with E-state index < -0.39 is 5.60 Å². The lowest BCUT2D eigenvalue weighted by molar-refractivity contribution is -0.0140. The maximum atomic E-state index is 13.6.